The number of carbonyl (C=O) groups excluding carboxylic acids is 1. The van der Waals surface area contributed by atoms with Crippen LogP contribution < -0.4 is 14.4 Å². The lowest BCUT2D eigenvalue weighted by Gasteiger charge is -2.35. The Bertz CT molecular complexity index is 1450. The van der Waals surface area contributed by atoms with Crippen LogP contribution in [0, 0.1) is 5.82 Å². The molecule has 1 aliphatic heterocycles. The molecule has 1 atom stereocenters. The SMILES string of the molecule is COC(=O)C[C@@H]1CN(S(=O)(=O)c2cccc(C(F)(F)F)c2)c2cc(NCc3c(F)cccc3Cl)ccc2O1. The smallest absolute Gasteiger partial charge is 0.416 e. The molecule has 1 heterocycles. The van der Waals surface area contributed by atoms with Gasteiger partial charge in [-0.1, -0.05) is 23.7 Å². The van der Waals surface area contributed by atoms with Crippen LogP contribution in [0.4, 0.5) is 28.9 Å². The summed E-state index contributed by atoms with van der Waals surface area (Å²) in [5.41, 5.74) is -0.555. The highest BCUT2D eigenvalue weighted by atomic mass is 35.5. The molecule has 3 aromatic rings. The van der Waals surface area contributed by atoms with E-state index in [2.05, 4.69) is 10.1 Å². The van der Waals surface area contributed by atoms with Crippen LogP contribution in [-0.4, -0.2) is 34.1 Å². The summed E-state index contributed by atoms with van der Waals surface area (Å²) >= 11 is 6.07. The summed E-state index contributed by atoms with van der Waals surface area (Å²) in [6.45, 7) is -0.403. The van der Waals surface area contributed by atoms with Gasteiger partial charge in [0.25, 0.3) is 10.0 Å². The van der Waals surface area contributed by atoms with E-state index in [1.54, 1.807) is 6.07 Å². The molecule has 0 spiro atoms. The summed E-state index contributed by atoms with van der Waals surface area (Å²) in [5, 5.41) is 3.15. The van der Waals surface area contributed by atoms with E-state index in [9.17, 15) is 30.8 Å². The van der Waals surface area contributed by atoms with E-state index in [-0.39, 0.29) is 41.5 Å². The van der Waals surface area contributed by atoms with Crippen molar-refractivity contribution in [3.63, 3.8) is 0 Å². The van der Waals surface area contributed by atoms with Crippen molar-refractivity contribution < 1.29 is 40.2 Å². The van der Waals surface area contributed by atoms with E-state index in [0.29, 0.717) is 11.8 Å². The highest BCUT2D eigenvalue weighted by molar-refractivity contribution is 7.92. The first kappa shape index (κ1) is 27.5. The third-order valence-electron chi connectivity index (χ3n) is 5.79. The summed E-state index contributed by atoms with van der Waals surface area (Å²) in [6, 6.07) is 12.0. The van der Waals surface area contributed by atoms with Crippen LogP contribution in [0.15, 0.2) is 65.6 Å². The van der Waals surface area contributed by atoms with Crippen LogP contribution in [0.5, 0.6) is 5.75 Å². The third-order valence-corrected chi connectivity index (χ3v) is 7.92. The van der Waals surface area contributed by atoms with Gasteiger partial charge in [0.1, 0.15) is 17.7 Å². The fraction of sp³-hybridized carbons (Fsp3) is 0.240. The molecule has 0 amide bonds. The predicted molar refractivity (Wildman–Crippen MR) is 132 cm³/mol. The van der Waals surface area contributed by atoms with Gasteiger partial charge in [0.05, 0.1) is 36.2 Å². The van der Waals surface area contributed by atoms with Crippen molar-refractivity contribution in [1.29, 1.82) is 0 Å². The van der Waals surface area contributed by atoms with Gasteiger partial charge in [-0.15, -0.1) is 0 Å². The number of hydrogen-bond acceptors (Lipinski definition) is 6. The number of halogens is 5. The number of hydrogen-bond donors (Lipinski definition) is 1. The number of esters is 1. The molecule has 1 N–H and O–H groups in total. The Morgan fingerprint density at radius 1 is 1.16 bits per heavy atom. The normalized spacial score (nSPS) is 15.4. The minimum absolute atomic E-state index is 0.0214. The van der Waals surface area contributed by atoms with Gasteiger partial charge in [0, 0.05) is 22.8 Å². The minimum Gasteiger partial charge on any atom is -0.486 e. The molecule has 0 unspecified atom stereocenters. The maximum absolute atomic E-state index is 14.2. The Balaban J connectivity index is 1.72. The lowest BCUT2D eigenvalue weighted by atomic mass is 10.1. The summed E-state index contributed by atoms with van der Waals surface area (Å²) in [7, 11) is -3.38. The molecule has 0 aromatic heterocycles. The summed E-state index contributed by atoms with van der Waals surface area (Å²) < 4.78 is 92.6. The van der Waals surface area contributed by atoms with Gasteiger partial charge >= 0.3 is 12.1 Å². The third kappa shape index (κ3) is 5.81. The van der Waals surface area contributed by atoms with Gasteiger partial charge in [0.15, 0.2) is 0 Å². The fourth-order valence-corrected chi connectivity index (χ4v) is 5.65. The molecule has 13 heteroatoms. The largest absolute Gasteiger partial charge is 0.486 e. The predicted octanol–water partition coefficient (Wildman–Crippen LogP) is 5.63. The average molecular weight is 573 g/mol. The van der Waals surface area contributed by atoms with Crippen molar-refractivity contribution in [3.8, 4) is 5.75 Å². The van der Waals surface area contributed by atoms with E-state index in [1.807, 2.05) is 0 Å². The van der Waals surface area contributed by atoms with Crippen molar-refractivity contribution in [2.45, 2.75) is 30.1 Å². The monoisotopic (exact) mass is 572 g/mol. The molecule has 3 aromatic carbocycles. The zero-order valence-corrected chi connectivity index (χ0v) is 21.3. The van der Waals surface area contributed by atoms with E-state index in [0.717, 1.165) is 29.6 Å². The van der Waals surface area contributed by atoms with E-state index in [4.69, 9.17) is 16.3 Å². The maximum atomic E-state index is 14.2. The quantitative estimate of drug-likeness (QED) is 0.292. The molecule has 202 valence electrons. The van der Waals surface area contributed by atoms with Gasteiger partial charge in [-0.05, 0) is 48.5 Å². The maximum Gasteiger partial charge on any atom is 0.416 e. The van der Waals surface area contributed by atoms with Crippen LogP contribution in [0.3, 0.4) is 0 Å². The van der Waals surface area contributed by atoms with Crippen molar-refractivity contribution >= 4 is 39.0 Å². The van der Waals surface area contributed by atoms with Gasteiger partial charge in [-0.2, -0.15) is 13.2 Å². The van der Waals surface area contributed by atoms with Gasteiger partial charge in [-0.25, -0.2) is 12.8 Å². The molecule has 4 rings (SSSR count). The number of nitrogens with one attached hydrogen (secondary N) is 1. The van der Waals surface area contributed by atoms with E-state index < -0.39 is 44.5 Å². The first-order valence-electron chi connectivity index (χ1n) is 11.1. The zero-order valence-electron chi connectivity index (χ0n) is 19.8. The van der Waals surface area contributed by atoms with Crippen LogP contribution in [-0.2, 0) is 32.3 Å². The Morgan fingerprint density at radius 3 is 2.58 bits per heavy atom. The molecule has 0 aliphatic carbocycles. The molecule has 0 fully saturated rings. The summed E-state index contributed by atoms with van der Waals surface area (Å²) in [5.74, 6) is -1.12. The van der Waals surface area contributed by atoms with Gasteiger partial charge in [0.2, 0.25) is 0 Å². The number of ether oxygens (including phenoxy) is 2. The van der Waals surface area contributed by atoms with Crippen molar-refractivity contribution in [3.05, 3.63) is 82.6 Å². The molecule has 0 bridgehead atoms. The first-order chi connectivity index (χ1) is 17.9. The highest BCUT2D eigenvalue weighted by Gasteiger charge is 2.37. The van der Waals surface area contributed by atoms with E-state index >= 15 is 0 Å². The number of alkyl halides is 3. The van der Waals surface area contributed by atoms with Crippen LogP contribution in [0.25, 0.3) is 0 Å². The first-order valence-corrected chi connectivity index (χ1v) is 13.0. The lowest BCUT2D eigenvalue weighted by molar-refractivity contribution is -0.142. The van der Waals surface area contributed by atoms with Gasteiger partial charge < -0.3 is 14.8 Å². The van der Waals surface area contributed by atoms with Gasteiger partial charge in [-0.3, -0.25) is 9.10 Å². The number of fused-ring (bicyclic) bond motifs is 1. The van der Waals surface area contributed by atoms with E-state index in [1.165, 1.54) is 30.3 Å². The topological polar surface area (TPSA) is 84.9 Å². The average Bonchev–Trinajstić information content (AvgIpc) is 2.87. The van der Waals surface area contributed by atoms with Crippen molar-refractivity contribution in [2.24, 2.45) is 0 Å². The number of benzene rings is 3. The highest BCUT2D eigenvalue weighted by Crippen LogP contribution is 2.40. The Morgan fingerprint density at radius 2 is 1.89 bits per heavy atom. The molecule has 0 saturated heterocycles. The number of carbonyl (C=O) groups is 1. The summed E-state index contributed by atoms with van der Waals surface area (Å²) in [4.78, 5) is 11.3. The molecular weight excluding hydrogens is 552 g/mol. The Hall–Kier alpha value is -3.51. The second-order valence-corrected chi connectivity index (χ2v) is 10.6. The number of rotatable bonds is 7. The molecule has 0 radical (unpaired) electrons. The van der Waals surface area contributed by atoms with Crippen molar-refractivity contribution in [1.82, 2.24) is 0 Å². The second-order valence-electron chi connectivity index (χ2n) is 8.32. The molecule has 7 nitrogen and oxygen atoms in total. The molecule has 0 saturated carbocycles. The fourth-order valence-electron chi connectivity index (χ4n) is 3.88. The summed E-state index contributed by atoms with van der Waals surface area (Å²) in [6.07, 6.45) is -6.02. The van der Waals surface area contributed by atoms with Crippen LogP contribution in [0.1, 0.15) is 17.5 Å². The van der Waals surface area contributed by atoms with Crippen LogP contribution >= 0.6 is 11.6 Å². The van der Waals surface area contributed by atoms with Crippen molar-refractivity contribution in [2.75, 3.05) is 23.3 Å². The van der Waals surface area contributed by atoms with Crippen LogP contribution in [0.2, 0.25) is 5.02 Å². The molecular formula is C25H21ClF4N2O5S. The zero-order chi connectivity index (χ0) is 27.7. The number of anilines is 2. The molecule has 38 heavy (non-hydrogen) atoms. The number of nitrogens with zero attached hydrogens (tertiary/aromatic N) is 1. The number of methoxy groups -OCH3 is 1. The second kappa shape index (κ2) is 10.7. The number of sulfonamides is 1. The Labute approximate surface area is 221 Å². The Kier molecular flexibility index (Phi) is 7.75. The lowest BCUT2D eigenvalue weighted by Crippen LogP contribution is -2.44. The molecule has 1 aliphatic rings. The standard InChI is InChI=1S/C25H21ClF4N2O5S/c1-36-24(33)12-17-14-32(38(34,35)18-5-2-4-15(10-18)25(28,29)30)22-11-16(8-9-23(22)37-17)31-13-19-20(26)6-3-7-21(19)27/h2-11,17,31H,12-14H2,1H3/t17-/m1/s1. The minimum atomic E-state index is -4.76.